The molecule has 0 saturated heterocycles. The van der Waals surface area contributed by atoms with Gasteiger partial charge in [0.05, 0.1) is 23.8 Å². The smallest absolute Gasteiger partial charge is 0.417 e. The summed E-state index contributed by atoms with van der Waals surface area (Å²) in [4.78, 5) is 0. The molecule has 0 radical (unpaired) electrons. The molecule has 0 aliphatic carbocycles. The van der Waals surface area contributed by atoms with Crippen molar-refractivity contribution in [2.45, 2.75) is 12.6 Å². The zero-order valence-corrected chi connectivity index (χ0v) is 12.1. The van der Waals surface area contributed by atoms with E-state index in [1.54, 1.807) is 12.1 Å². The summed E-state index contributed by atoms with van der Waals surface area (Å²) in [7, 11) is 0. The molecule has 6 heteroatoms. The quantitative estimate of drug-likeness (QED) is 0.805. The minimum atomic E-state index is -4.58. The predicted molar refractivity (Wildman–Crippen MR) is 76.8 cm³/mol. The number of rotatable bonds is 4. The van der Waals surface area contributed by atoms with Gasteiger partial charge in [0, 0.05) is 11.4 Å². The third kappa shape index (κ3) is 4.15. The van der Waals surface area contributed by atoms with Gasteiger partial charge in [-0.05, 0) is 35.9 Å². The highest BCUT2D eigenvalue weighted by molar-refractivity contribution is 6.30. The lowest BCUT2D eigenvalue weighted by Gasteiger charge is -2.12. The molecular formula is C16H11ClF3NO. The lowest BCUT2D eigenvalue weighted by atomic mass is 10.1. The second-order valence-electron chi connectivity index (χ2n) is 4.54. The Labute approximate surface area is 130 Å². The Bertz CT molecular complexity index is 690. The van der Waals surface area contributed by atoms with E-state index in [4.69, 9.17) is 21.6 Å². The van der Waals surface area contributed by atoms with Crippen molar-refractivity contribution in [2.75, 3.05) is 6.61 Å². The van der Waals surface area contributed by atoms with E-state index in [9.17, 15) is 13.2 Å². The molecule has 2 aromatic rings. The van der Waals surface area contributed by atoms with Crippen molar-refractivity contribution < 1.29 is 17.9 Å². The predicted octanol–water partition coefficient (Wildman–Crippen LogP) is 4.85. The molecule has 0 aliphatic rings. The van der Waals surface area contributed by atoms with Crippen LogP contribution in [0.1, 0.15) is 16.7 Å². The molecule has 0 N–H and O–H groups in total. The average Bonchev–Trinajstić information content (AvgIpc) is 2.48. The van der Waals surface area contributed by atoms with Crippen LogP contribution in [0.3, 0.4) is 0 Å². The lowest BCUT2D eigenvalue weighted by molar-refractivity contribution is -0.137. The highest BCUT2D eigenvalue weighted by Crippen LogP contribution is 2.34. The van der Waals surface area contributed by atoms with E-state index in [0.717, 1.165) is 17.7 Å². The summed E-state index contributed by atoms with van der Waals surface area (Å²) >= 11 is 5.77. The molecule has 0 fully saturated rings. The van der Waals surface area contributed by atoms with Crippen molar-refractivity contribution in [1.29, 1.82) is 5.26 Å². The van der Waals surface area contributed by atoms with Gasteiger partial charge in [-0.1, -0.05) is 23.7 Å². The molecule has 0 unspecified atom stereocenters. The maximum Gasteiger partial charge on any atom is 0.417 e. The van der Waals surface area contributed by atoms with Crippen LogP contribution in [0.5, 0.6) is 5.75 Å². The minimum absolute atomic E-state index is 0.0836. The molecule has 0 aromatic heterocycles. The third-order valence-electron chi connectivity index (χ3n) is 2.99. The maximum absolute atomic E-state index is 12.8. The fraction of sp³-hybridized carbons (Fsp3) is 0.188. The first-order chi connectivity index (χ1) is 10.4. The molecule has 22 heavy (non-hydrogen) atoms. The number of alkyl halides is 3. The van der Waals surface area contributed by atoms with Gasteiger partial charge in [-0.2, -0.15) is 18.4 Å². The molecule has 0 aliphatic heterocycles. The number of hydrogen-bond acceptors (Lipinski definition) is 2. The second kappa shape index (κ2) is 6.71. The number of nitriles is 1. The zero-order chi connectivity index (χ0) is 16.2. The van der Waals surface area contributed by atoms with Gasteiger partial charge < -0.3 is 4.74 Å². The minimum Gasteiger partial charge on any atom is -0.493 e. The van der Waals surface area contributed by atoms with E-state index in [1.807, 2.05) is 12.1 Å². The van der Waals surface area contributed by atoms with Crippen LogP contribution in [0.15, 0.2) is 42.5 Å². The number of ether oxygens (including phenoxy) is 1. The number of hydrogen-bond donors (Lipinski definition) is 0. The number of halogens is 4. The molecule has 2 rings (SSSR count). The fourth-order valence-electron chi connectivity index (χ4n) is 1.88. The van der Waals surface area contributed by atoms with Crippen molar-refractivity contribution in [3.05, 3.63) is 64.2 Å². The van der Waals surface area contributed by atoms with Gasteiger partial charge in [0.1, 0.15) is 5.75 Å². The highest BCUT2D eigenvalue weighted by atomic mass is 35.5. The Morgan fingerprint density at radius 2 is 1.77 bits per heavy atom. The summed E-state index contributed by atoms with van der Waals surface area (Å²) in [5.74, 6) is 0.0836. The second-order valence-corrected chi connectivity index (χ2v) is 4.98. The molecule has 114 valence electrons. The molecule has 2 aromatic carbocycles. The molecule has 0 saturated carbocycles. The van der Waals surface area contributed by atoms with Gasteiger partial charge >= 0.3 is 6.18 Å². The standard InChI is InChI=1S/C16H11ClF3NO/c17-13-4-1-11(2-5-13)7-8-22-14-6-3-12(10-21)15(9-14)16(18,19)20/h1-6,9H,7-8H2. The van der Waals surface area contributed by atoms with Crippen molar-refractivity contribution in [2.24, 2.45) is 0 Å². The van der Waals surface area contributed by atoms with Crippen LogP contribution < -0.4 is 4.74 Å². The normalized spacial score (nSPS) is 11.0. The van der Waals surface area contributed by atoms with Crippen LogP contribution in [0.25, 0.3) is 0 Å². The Morgan fingerprint density at radius 1 is 1.09 bits per heavy atom. The summed E-state index contributed by atoms with van der Waals surface area (Å²) in [6, 6.07) is 12.0. The summed E-state index contributed by atoms with van der Waals surface area (Å²) in [5.41, 5.74) is -0.439. The Morgan fingerprint density at radius 3 is 2.36 bits per heavy atom. The fourth-order valence-corrected chi connectivity index (χ4v) is 2.01. The van der Waals surface area contributed by atoms with Crippen molar-refractivity contribution in [3.63, 3.8) is 0 Å². The van der Waals surface area contributed by atoms with Gasteiger partial charge in [-0.25, -0.2) is 0 Å². The number of benzene rings is 2. The van der Waals surface area contributed by atoms with Crippen LogP contribution in [0, 0.1) is 11.3 Å². The first-order valence-electron chi connectivity index (χ1n) is 6.39. The molecule has 2 nitrogen and oxygen atoms in total. The summed E-state index contributed by atoms with van der Waals surface area (Å²) < 4.78 is 43.8. The summed E-state index contributed by atoms with van der Waals surface area (Å²) in [6.07, 6.45) is -4.04. The monoisotopic (exact) mass is 325 g/mol. The lowest BCUT2D eigenvalue weighted by Crippen LogP contribution is -2.09. The third-order valence-corrected chi connectivity index (χ3v) is 3.24. The molecule has 0 spiro atoms. The van der Waals surface area contributed by atoms with Gasteiger partial charge in [-0.3, -0.25) is 0 Å². The summed E-state index contributed by atoms with van der Waals surface area (Å²) in [6.45, 7) is 0.227. The van der Waals surface area contributed by atoms with E-state index in [-0.39, 0.29) is 12.4 Å². The van der Waals surface area contributed by atoms with E-state index >= 15 is 0 Å². The van der Waals surface area contributed by atoms with E-state index in [2.05, 4.69) is 0 Å². The highest BCUT2D eigenvalue weighted by Gasteiger charge is 2.34. The maximum atomic E-state index is 12.8. The first-order valence-corrected chi connectivity index (χ1v) is 6.76. The van der Waals surface area contributed by atoms with Gasteiger partial charge in [0.2, 0.25) is 0 Å². The summed E-state index contributed by atoms with van der Waals surface area (Å²) in [5, 5.41) is 9.34. The van der Waals surface area contributed by atoms with Crippen LogP contribution in [-0.4, -0.2) is 6.61 Å². The van der Waals surface area contributed by atoms with Gasteiger partial charge in [-0.15, -0.1) is 0 Å². The SMILES string of the molecule is N#Cc1ccc(OCCc2ccc(Cl)cc2)cc1C(F)(F)F. The first kappa shape index (κ1) is 16.2. The molecule has 0 bridgehead atoms. The zero-order valence-electron chi connectivity index (χ0n) is 11.3. The largest absolute Gasteiger partial charge is 0.493 e. The van der Waals surface area contributed by atoms with Gasteiger partial charge in [0.25, 0.3) is 0 Å². The van der Waals surface area contributed by atoms with Crippen molar-refractivity contribution >= 4 is 11.6 Å². The van der Waals surface area contributed by atoms with Crippen molar-refractivity contribution in [3.8, 4) is 11.8 Å². The number of nitrogens with zero attached hydrogens (tertiary/aromatic N) is 1. The van der Waals surface area contributed by atoms with Crippen LogP contribution in [-0.2, 0) is 12.6 Å². The topological polar surface area (TPSA) is 33.0 Å². The molecule has 0 atom stereocenters. The Balaban J connectivity index is 2.04. The van der Waals surface area contributed by atoms with Crippen LogP contribution in [0.4, 0.5) is 13.2 Å². The van der Waals surface area contributed by atoms with Crippen molar-refractivity contribution in [1.82, 2.24) is 0 Å². The Hall–Kier alpha value is -2.19. The van der Waals surface area contributed by atoms with E-state index in [1.165, 1.54) is 12.1 Å². The Kier molecular flexibility index (Phi) is 4.94. The molecule has 0 heterocycles. The molecule has 0 amide bonds. The average molecular weight is 326 g/mol. The van der Waals surface area contributed by atoms with Gasteiger partial charge in [0.15, 0.2) is 0 Å². The van der Waals surface area contributed by atoms with Crippen LogP contribution >= 0.6 is 11.6 Å². The van der Waals surface area contributed by atoms with Crippen LogP contribution in [0.2, 0.25) is 5.02 Å². The van der Waals surface area contributed by atoms with E-state index < -0.39 is 17.3 Å². The van der Waals surface area contributed by atoms with E-state index in [0.29, 0.717) is 11.4 Å². The molecular weight excluding hydrogens is 315 g/mol.